The van der Waals surface area contributed by atoms with Crippen LogP contribution in [0.1, 0.15) is 62.8 Å². The van der Waals surface area contributed by atoms with Gasteiger partial charge in [0.15, 0.2) is 5.58 Å². The Hall–Kier alpha value is -8.60. The molecule has 2 aliphatic heterocycles. The largest absolute Gasteiger partial charge is 0.455 e. The second-order valence-electron chi connectivity index (χ2n) is 19.4. The molecule has 4 nitrogen and oxygen atoms in total. The number of anilines is 6. The molecule has 0 fully saturated rings. The minimum absolute atomic E-state index is 0.725. The van der Waals surface area contributed by atoms with Gasteiger partial charge >= 0.3 is 0 Å². The summed E-state index contributed by atoms with van der Waals surface area (Å²) in [5.74, 6) is 0.725. The number of para-hydroxylation sites is 3. The van der Waals surface area contributed by atoms with Crippen molar-refractivity contribution < 1.29 is 8.83 Å². The molecule has 1 aliphatic carbocycles. The Kier molecular flexibility index (Phi) is 8.50. The molecule has 7 bridgehead atoms. The van der Waals surface area contributed by atoms with E-state index in [2.05, 4.69) is 233 Å². The van der Waals surface area contributed by atoms with Crippen molar-refractivity contribution in [2.45, 2.75) is 40.0 Å². The fourth-order valence-corrected chi connectivity index (χ4v) is 12.6. The van der Waals surface area contributed by atoms with Gasteiger partial charge in [0.05, 0.1) is 33.6 Å². The molecule has 70 heavy (non-hydrogen) atoms. The van der Waals surface area contributed by atoms with E-state index < -0.39 is 5.41 Å². The summed E-state index contributed by atoms with van der Waals surface area (Å²) in [5.41, 5.74) is 25.2. The van der Waals surface area contributed by atoms with Gasteiger partial charge in [-0.15, -0.1) is 0 Å². The zero-order chi connectivity index (χ0) is 47.2. The maximum atomic E-state index is 7.50. The number of nitrogens with zero attached hydrogens (tertiary/aromatic N) is 2. The summed E-state index contributed by atoms with van der Waals surface area (Å²) in [6.45, 7) is 15.3. The van der Waals surface area contributed by atoms with E-state index in [1.807, 2.05) is 6.08 Å². The number of hydrogen-bond donors (Lipinski definition) is 0. The maximum absolute atomic E-state index is 7.50. The van der Waals surface area contributed by atoms with Crippen LogP contribution in [0.3, 0.4) is 0 Å². The van der Waals surface area contributed by atoms with Gasteiger partial charge in [-0.2, -0.15) is 0 Å². The topological polar surface area (TPSA) is 32.8 Å². The van der Waals surface area contributed by atoms with Crippen molar-refractivity contribution in [2.75, 3.05) is 9.80 Å². The third-order valence-corrected chi connectivity index (χ3v) is 15.4. The molecule has 2 aromatic heterocycles. The molecule has 0 radical (unpaired) electrons. The summed E-state index contributed by atoms with van der Waals surface area (Å²) in [6.07, 6.45) is 6.20. The molecule has 1 unspecified atom stereocenters. The standard InChI is InChI=1S/C66H48N2O2/c1-7-19-46-58(8-2)69-64-57-37-50-62(61(46)64)63-51-36-56(60-47-24-13-18-29-59(47)70-65(60)63)67(52-27-16-9-20-40(52)5)55-35-39(4)31-33-45(55)43-22-11-15-26-49(43)66(50,51)48-25-14-10-21-42(48)44-23-12-17-28-53(44)68(57)54-34-38(3)30-32-41(54)6/h7-37H,2H2,1,3-6H3/b19-7-. The molecule has 0 amide bonds. The number of benzene rings is 9. The Morgan fingerprint density at radius 3 is 1.79 bits per heavy atom. The first kappa shape index (κ1) is 40.5. The van der Waals surface area contributed by atoms with E-state index >= 15 is 0 Å². The highest BCUT2D eigenvalue weighted by molar-refractivity contribution is 6.24. The zero-order valence-electron chi connectivity index (χ0n) is 39.8. The van der Waals surface area contributed by atoms with Gasteiger partial charge in [0, 0.05) is 50.0 Å². The van der Waals surface area contributed by atoms with Gasteiger partial charge in [0.1, 0.15) is 16.9 Å². The van der Waals surface area contributed by atoms with Crippen LogP contribution in [-0.4, -0.2) is 0 Å². The zero-order valence-corrected chi connectivity index (χ0v) is 39.8. The fourth-order valence-electron chi connectivity index (χ4n) is 12.6. The van der Waals surface area contributed by atoms with Crippen LogP contribution in [0.5, 0.6) is 0 Å². The molecule has 0 saturated carbocycles. The van der Waals surface area contributed by atoms with Gasteiger partial charge in [0.2, 0.25) is 0 Å². The van der Waals surface area contributed by atoms with Crippen LogP contribution in [0.2, 0.25) is 0 Å². The monoisotopic (exact) mass is 900 g/mol. The van der Waals surface area contributed by atoms with Crippen LogP contribution < -0.4 is 9.80 Å². The summed E-state index contributed by atoms with van der Waals surface area (Å²) in [7, 11) is 0. The summed E-state index contributed by atoms with van der Waals surface area (Å²) in [5, 5.41) is 3.17. The van der Waals surface area contributed by atoms with E-state index in [0.717, 1.165) is 117 Å². The predicted octanol–water partition coefficient (Wildman–Crippen LogP) is 18.5. The third-order valence-electron chi connectivity index (χ3n) is 15.4. The molecule has 4 heteroatoms. The lowest BCUT2D eigenvalue weighted by Gasteiger charge is -2.36. The van der Waals surface area contributed by atoms with Crippen LogP contribution in [-0.2, 0) is 5.41 Å². The molecule has 1 atom stereocenters. The molecular weight excluding hydrogens is 853 g/mol. The molecule has 3 aliphatic rings. The van der Waals surface area contributed by atoms with Crippen LogP contribution in [0.25, 0.3) is 78.4 Å². The van der Waals surface area contributed by atoms with Crippen LogP contribution in [0.15, 0.2) is 191 Å². The summed E-state index contributed by atoms with van der Waals surface area (Å²) in [4.78, 5) is 5.00. The first-order valence-corrected chi connectivity index (χ1v) is 24.3. The molecule has 14 rings (SSSR count). The summed E-state index contributed by atoms with van der Waals surface area (Å²) in [6, 6.07) is 63.5. The smallest absolute Gasteiger partial charge is 0.160 e. The predicted molar refractivity (Wildman–Crippen MR) is 292 cm³/mol. The van der Waals surface area contributed by atoms with E-state index in [0.29, 0.717) is 0 Å². The maximum Gasteiger partial charge on any atom is 0.160 e. The number of hydrogen-bond acceptors (Lipinski definition) is 4. The number of fused-ring (bicyclic) bond motifs is 7. The summed E-state index contributed by atoms with van der Waals surface area (Å²) < 4.78 is 14.8. The Labute approximate surface area is 407 Å². The van der Waals surface area contributed by atoms with Gasteiger partial charge in [-0.05, 0) is 139 Å². The molecule has 0 saturated heterocycles. The number of rotatable bonds is 4. The number of aryl methyl sites for hydroxylation is 4. The lowest BCUT2D eigenvalue weighted by atomic mass is 9.64. The molecule has 9 aromatic carbocycles. The first-order chi connectivity index (χ1) is 34.3. The minimum Gasteiger partial charge on any atom is -0.455 e. The fraction of sp³-hybridized carbons (Fsp3) is 0.0909. The normalized spacial score (nSPS) is 15.2. The van der Waals surface area contributed by atoms with Crippen molar-refractivity contribution >= 4 is 79.2 Å². The van der Waals surface area contributed by atoms with E-state index in [4.69, 9.17) is 8.83 Å². The SMILES string of the molecule is C=Cc1oc2c3cc4c(c2c1/C=C\C)-c1c2cc(c5c1oc1ccccc15)N(c1ccccc1C)c1cc(C)ccc1-c1ccccc1C24c1ccccc1-c1ccccc1N3c1cc(C)ccc1C. The molecule has 1 spiro atoms. The Morgan fingerprint density at radius 2 is 1.04 bits per heavy atom. The molecule has 11 aromatic rings. The quantitative estimate of drug-likeness (QED) is 0.176. The van der Waals surface area contributed by atoms with Crippen molar-refractivity contribution in [2.24, 2.45) is 0 Å². The third kappa shape index (κ3) is 5.20. The first-order valence-electron chi connectivity index (χ1n) is 24.3. The molecule has 4 heterocycles. The van der Waals surface area contributed by atoms with Crippen molar-refractivity contribution in [3.8, 4) is 33.4 Å². The lowest BCUT2D eigenvalue weighted by molar-refractivity contribution is 0.603. The summed E-state index contributed by atoms with van der Waals surface area (Å²) >= 11 is 0. The highest BCUT2D eigenvalue weighted by Gasteiger charge is 2.53. The Balaban J connectivity index is 1.33. The average molecular weight is 901 g/mol. The van der Waals surface area contributed by atoms with Crippen LogP contribution in [0.4, 0.5) is 34.1 Å². The average Bonchev–Trinajstić information content (AvgIpc) is 4.05. The number of allylic oxidation sites excluding steroid dienone is 1. The van der Waals surface area contributed by atoms with E-state index in [1.165, 1.54) is 38.9 Å². The van der Waals surface area contributed by atoms with Crippen molar-refractivity contribution in [3.63, 3.8) is 0 Å². The second-order valence-corrected chi connectivity index (χ2v) is 19.4. The van der Waals surface area contributed by atoms with E-state index in [9.17, 15) is 0 Å². The van der Waals surface area contributed by atoms with Gasteiger partial charge < -0.3 is 18.6 Å². The molecule has 0 N–H and O–H groups in total. The highest BCUT2D eigenvalue weighted by atomic mass is 16.3. The van der Waals surface area contributed by atoms with Crippen molar-refractivity contribution in [1.82, 2.24) is 0 Å². The number of furan rings is 2. The minimum atomic E-state index is -0.907. The highest BCUT2D eigenvalue weighted by Crippen LogP contribution is 2.68. The van der Waals surface area contributed by atoms with Crippen LogP contribution in [0, 0.1) is 27.7 Å². The molecular formula is C66H48N2O2. The lowest BCUT2D eigenvalue weighted by Crippen LogP contribution is -2.30. The van der Waals surface area contributed by atoms with Gasteiger partial charge in [-0.3, -0.25) is 0 Å². The van der Waals surface area contributed by atoms with E-state index in [-0.39, 0.29) is 0 Å². The van der Waals surface area contributed by atoms with Gasteiger partial charge in [-0.1, -0.05) is 146 Å². The molecule has 334 valence electrons. The van der Waals surface area contributed by atoms with E-state index in [1.54, 1.807) is 0 Å². The second kappa shape index (κ2) is 14.7. The van der Waals surface area contributed by atoms with Gasteiger partial charge in [0.25, 0.3) is 0 Å². The van der Waals surface area contributed by atoms with Crippen LogP contribution >= 0.6 is 0 Å². The van der Waals surface area contributed by atoms with Crippen molar-refractivity contribution in [3.05, 3.63) is 238 Å². The Bertz CT molecular complexity index is 4120. The Morgan fingerprint density at radius 1 is 0.457 bits per heavy atom. The van der Waals surface area contributed by atoms with Gasteiger partial charge in [-0.25, -0.2) is 0 Å². The van der Waals surface area contributed by atoms with Crippen molar-refractivity contribution in [1.29, 1.82) is 0 Å².